The summed E-state index contributed by atoms with van der Waals surface area (Å²) in [7, 11) is 0. The minimum Gasteiger partial charge on any atom is -0.463 e. The topological polar surface area (TPSA) is 138 Å². The van der Waals surface area contributed by atoms with Crippen molar-refractivity contribution < 1.29 is 42.6 Å². The predicted octanol–water partition coefficient (Wildman–Crippen LogP) is 1.57. The maximum Gasteiger partial charge on any atom is 0.344 e. The molecule has 10 nitrogen and oxygen atoms in total. The SMILES string of the molecule is CCOC(=O)/C=C/C(=O)OCC(=O)Nc1oc(C)c(C(C)=O)c1C(=O)OCC. The van der Waals surface area contributed by atoms with E-state index in [9.17, 15) is 24.0 Å². The summed E-state index contributed by atoms with van der Waals surface area (Å²) in [5, 5.41) is 2.25. The van der Waals surface area contributed by atoms with Gasteiger partial charge in [-0.15, -0.1) is 0 Å². The molecule has 0 saturated heterocycles. The quantitative estimate of drug-likeness (QED) is 0.286. The van der Waals surface area contributed by atoms with Crippen LogP contribution in [0.3, 0.4) is 0 Å². The van der Waals surface area contributed by atoms with Gasteiger partial charge in [-0.25, -0.2) is 14.4 Å². The Kier molecular flexibility index (Phi) is 8.60. The van der Waals surface area contributed by atoms with Gasteiger partial charge in [0.1, 0.15) is 11.3 Å². The molecule has 0 aromatic carbocycles. The van der Waals surface area contributed by atoms with Crippen molar-refractivity contribution in [1.82, 2.24) is 0 Å². The molecule has 0 fully saturated rings. The van der Waals surface area contributed by atoms with Gasteiger partial charge in [0, 0.05) is 12.2 Å². The van der Waals surface area contributed by atoms with E-state index < -0.39 is 36.2 Å². The largest absolute Gasteiger partial charge is 0.463 e. The highest BCUT2D eigenvalue weighted by Crippen LogP contribution is 2.28. The summed E-state index contributed by atoms with van der Waals surface area (Å²) in [6.07, 6.45) is 1.66. The predicted molar refractivity (Wildman–Crippen MR) is 94.8 cm³/mol. The first kappa shape index (κ1) is 22.6. The van der Waals surface area contributed by atoms with Crippen LogP contribution in [0.5, 0.6) is 0 Å². The van der Waals surface area contributed by atoms with Crippen LogP contribution in [0.2, 0.25) is 0 Å². The van der Waals surface area contributed by atoms with Gasteiger partial charge in [0.25, 0.3) is 5.91 Å². The monoisotopic (exact) mass is 395 g/mol. The van der Waals surface area contributed by atoms with Crippen LogP contribution in [-0.4, -0.2) is 49.4 Å². The van der Waals surface area contributed by atoms with Gasteiger partial charge in [0.2, 0.25) is 5.88 Å². The van der Waals surface area contributed by atoms with Crippen LogP contribution in [0.4, 0.5) is 5.88 Å². The second-order valence-corrected chi connectivity index (χ2v) is 5.26. The fraction of sp³-hybridized carbons (Fsp3) is 0.389. The average molecular weight is 395 g/mol. The van der Waals surface area contributed by atoms with Crippen molar-refractivity contribution in [3.63, 3.8) is 0 Å². The van der Waals surface area contributed by atoms with Crippen LogP contribution in [0.15, 0.2) is 16.6 Å². The van der Waals surface area contributed by atoms with E-state index in [1.807, 2.05) is 0 Å². The van der Waals surface area contributed by atoms with E-state index in [2.05, 4.69) is 14.8 Å². The molecule has 1 N–H and O–H groups in total. The lowest BCUT2D eigenvalue weighted by atomic mass is 10.1. The molecule has 0 aliphatic rings. The second kappa shape index (κ2) is 10.7. The lowest BCUT2D eigenvalue weighted by Crippen LogP contribution is -2.21. The minimum atomic E-state index is -0.950. The Morgan fingerprint density at radius 3 is 2.04 bits per heavy atom. The smallest absolute Gasteiger partial charge is 0.344 e. The van der Waals surface area contributed by atoms with Crippen molar-refractivity contribution in [2.24, 2.45) is 0 Å². The Bertz CT molecular complexity index is 804. The molecule has 0 unspecified atom stereocenters. The number of aryl methyl sites for hydroxylation is 1. The summed E-state index contributed by atoms with van der Waals surface area (Å²) in [6, 6.07) is 0. The molecular formula is C18H21NO9. The van der Waals surface area contributed by atoms with Gasteiger partial charge < -0.3 is 18.6 Å². The maximum atomic E-state index is 12.1. The number of ether oxygens (including phenoxy) is 3. The van der Waals surface area contributed by atoms with Crippen LogP contribution in [0.25, 0.3) is 0 Å². The van der Waals surface area contributed by atoms with E-state index in [0.717, 1.165) is 12.2 Å². The first-order chi connectivity index (χ1) is 13.2. The molecule has 0 saturated carbocycles. The van der Waals surface area contributed by atoms with Crippen LogP contribution >= 0.6 is 0 Å². The number of carbonyl (C=O) groups excluding carboxylic acids is 5. The van der Waals surface area contributed by atoms with E-state index in [1.54, 1.807) is 13.8 Å². The highest BCUT2D eigenvalue weighted by atomic mass is 16.5. The summed E-state index contributed by atoms with van der Waals surface area (Å²) < 4.78 is 19.4. The molecule has 152 valence electrons. The fourth-order valence-corrected chi connectivity index (χ4v) is 2.13. The Balaban J connectivity index is 2.82. The molecule has 0 radical (unpaired) electrons. The number of anilines is 1. The summed E-state index contributed by atoms with van der Waals surface area (Å²) in [6.45, 7) is 5.36. The van der Waals surface area contributed by atoms with Gasteiger partial charge in [0.05, 0.1) is 18.8 Å². The third-order valence-corrected chi connectivity index (χ3v) is 3.16. The molecule has 0 atom stereocenters. The summed E-state index contributed by atoms with van der Waals surface area (Å²) >= 11 is 0. The average Bonchev–Trinajstić information content (AvgIpc) is 2.94. The van der Waals surface area contributed by atoms with Crippen LogP contribution in [0.1, 0.15) is 47.2 Å². The zero-order valence-corrected chi connectivity index (χ0v) is 16.0. The number of Topliss-reactive ketones (excluding diaryl/α,β-unsaturated/α-hetero) is 1. The number of furan rings is 1. The van der Waals surface area contributed by atoms with Gasteiger partial charge in [-0.2, -0.15) is 0 Å². The van der Waals surface area contributed by atoms with Crippen LogP contribution < -0.4 is 5.32 Å². The zero-order chi connectivity index (χ0) is 21.3. The van der Waals surface area contributed by atoms with Crippen LogP contribution in [0, 0.1) is 6.92 Å². The van der Waals surface area contributed by atoms with Crippen molar-refractivity contribution in [3.8, 4) is 0 Å². The standard InChI is InChI=1S/C18H21NO9/c1-5-25-13(22)7-8-14(23)27-9-12(21)19-17-16(18(24)26-6-2)15(10(3)20)11(4)28-17/h7-8H,5-6,9H2,1-4H3,(H,19,21)/b8-7+. The number of amides is 1. The highest BCUT2D eigenvalue weighted by molar-refractivity contribution is 6.10. The molecule has 1 amide bonds. The molecule has 1 aromatic heterocycles. The van der Waals surface area contributed by atoms with Gasteiger partial charge in [-0.05, 0) is 27.7 Å². The number of hydrogen-bond donors (Lipinski definition) is 1. The van der Waals surface area contributed by atoms with Crippen molar-refractivity contribution in [2.75, 3.05) is 25.1 Å². The number of carbonyl (C=O) groups is 5. The maximum absolute atomic E-state index is 12.1. The van der Waals surface area contributed by atoms with Crippen molar-refractivity contribution in [3.05, 3.63) is 29.0 Å². The van der Waals surface area contributed by atoms with Gasteiger partial charge in [-0.1, -0.05) is 0 Å². The number of ketones is 1. The van der Waals surface area contributed by atoms with E-state index in [0.29, 0.717) is 0 Å². The second-order valence-electron chi connectivity index (χ2n) is 5.26. The summed E-state index contributed by atoms with van der Waals surface area (Å²) in [5.74, 6) is -3.95. The zero-order valence-electron chi connectivity index (χ0n) is 16.0. The normalized spacial score (nSPS) is 10.4. The Labute approximate surface area is 160 Å². The summed E-state index contributed by atoms with van der Waals surface area (Å²) in [4.78, 5) is 58.5. The highest BCUT2D eigenvalue weighted by Gasteiger charge is 2.28. The van der Waals surface area contributed by atoms with Crippen LogP contribution in [-0.2, 0) is 28.6 Å². The molecule has 28 heavy (non-hydrogen) atoms. The molecule has 1 rings (SSSR count). The Morgan fingerprint density at radius 1 is 0.929 bits per heavy atom. The molecule has 0 bridgehead atoms. The fourth-order valence-electron chi connectivity index (χ4n) is 2.13. The van der Waals surface area contributed by atoms with Gasteiger partial charge >= 0.3 is 17.9 Å². The summed E-state index contributed by atoms with van der Waals surface area (Å²) in [5.41, 5.74) is -0.225. The molecule has 0 aliphatic heterocycles. The van der Waals surface area contributed by atoms with Gasteiger partial charge in [0.15, 0.2) is 12.4 Å². The number of esters is 3. The van der Waals surface area contributed by atoms with Crippen molar-refractivity contribution in [1.29, 1.82) is 0 Å². The Morgan fingerprint density at radius 2 is 1.50 bits per heavy atom. The van der Waals surface area contributed by atoms with E-state index >= 15 is 0 Å². The minimum absolute atomic E-state index is 0.0110. The van der Waals surface area contributed by atoms with Crippen molar-refractivity contribution in [2.45, 2.75) is 27.7 Å². The molecule has 0 spiro atoms. The van der Waals surface area contributed by atoms with E-state index in [4.69, 9.17) is 9.15 Å². The molecule has 1 aromatic rings. The van der Waals surface area contributed by atoms with E-state index in [-0.39, 0.29) is 36.0 Å². The first-order valence-corrected chi connectivity index (χ1v) is 8.34. The number of rotatable bonds is 9. The van der Waals surface area contributed by atoms with Crippen molar-refractivity contribution >= 4 is 35.5 Å². The molecular weight excluding hydrogens is 374 g/mol. The lowest BCUT2D eigenvalue weighted by Gasteiger charge is -2.06. The number of nitrogens with one attached hydrogen (secondary N) is 1. The third-order valence-electron chi connectivity index (χ3n) is 3.16. The Hall–Kier alpha value is -3.43. The first-order valence-electron chi connectivity index (χ1n) is 8.34. The van der Waals surface area contributed by atoms with E-state index in [1.165, 1.54) is 13.8 Å². The van der Waals surface area contributed by atoms with Gasteiger partial charge in [-0.3, -0.25) is 14.9 Å². The molecule has 1 heterocycles. The molecule has 0 aliphatic carbocycles. The number of hydrogen-bond acceptors (Lipinski definition) is 9. The lowest BCUT2D eigenvalue weighted by molar-refractivity contribution is -0.143. The molecule has 10 heteroatoms. The third kappa shape index (κ3) is 6.38.